The summed E-state index contributed by atoms with van der Waals surface area (Å²) in [6.07, 6.45) is 1.56. The maximum Gasteiger partial charge on any atom is 0.334 e. The van der Waals surface area contributed by atoms with Crippen LogP contribution in [0.1, 0.15) is 12.5 Å². The highest BCUT2D eigenvalue weighted by molar-refractivity contribution is 7.98. The van der Waals surface area contributed by atoms with Crippen molar-refractivity contribution in [3.8, 4) is 0 Å². The minimum Gasteiger partial charge on any atom is -0.478 e. The monoisotopic (exact) mass is 221 g/mol. The molecule has 1 atom stereocenters. The van der Waals surface area contributed by atoms with E-state index >= 15 is 0 Å². The maximum atomic E-state index is 11.1. The lowest BCUT2D eigenvalue weighted by Crippen LogP contribution is -2.23. The van der Waals surface area contributed by atoms with Crippen LogP contribution < -0.4 is 4.72 Å². The van der Waals surface area contributed by atoms with Crippen LogP contribution in [0.3, 0.4) is 0 Å². The molecule has 3 nitrogen and oxygen atoms in total. The number of aliphatic carboxylic acids is 1. The second-order valence-electron chi connectivity index (χ2n) is 3.48. The third kappa shape index (κ3) is 1.61. The van der Waals surface area contributed by atoms with Gasteiger partial charge in [-0.1, -0.05) is 30.3 Å². The summed E-state index contributed by atoms with van der Waals surface area (Å²) in [5, 5.41) is 9.09. The Balaban J connectivity index is 2.44. The van der Waals surface area contributed by atoms with Crippen molar-refractivity contribution in [1.29, 1.82) is 0 Å². The van der Waals surface area contributed by atoms with E-state index in [9.17, 15) is 4.79 Å². The van der Waals surface area contributed by atoms with E-state index in [-0.39, 0.29) is 0 Å². The highest BCUT2D eigenvalue weighted by Gasteiger charge is 2.39. The molecule has 1 aromatic carbocycles. The third-order valence-electron chi connectivity index (χ3n) is 2.54. The Morgan fingerprint density at radius 2 is 2.07 bits per heavy atom. The predicted molar refractivity (Wildman–Crippen MR) is 60.2 cm³/mol. The standard InChI is InChI=1S/C11H11NO2S/c1-11(8-5-3-2-4-6-8)9(10(13)14)7-12-15-11/h2-7,12H,1H3,(H,13,14). The molecule has 0 radical (unpaired) electrons. The molecule has 0 aromatic heterocycles. The second-order valence-corrected chi connectivity index (χ2v) is 4.74. The highest BCUT2D eigenvalue weighted by Crippen LogP contribution is 2.44. The minimum atomic E-state index is -0.876. The van der Waals surface area contributed by atoms with E-state index in [0.717, 1.165) is 5.56 Å². The number of hydrogen-bond donors (Lipinski definition) is 2. The first-order valence-electron chi connectivity index (χ1n) is 4.57. The molecule has 0 fully saturated rings. The average molecular weight is 221 g/mol. The number of carbonyl (C=O) groups is 1. The van der Waals surface area contributed by atoms with Crippen molar-refractivity contribution in [3.05, 3.63) is 47.7 Å². The topological polar surface area (TPSA) is 49.3 Å². The highest BCUT2D eigenvalue weighted by atomic mass is 32.2. The molecule has 1 heterocycles. The number of benzene rings is 1. The molecule has 78 valence electrons. The molecular formula is C11H11NO2S. The molecule has 4 heteroatoms. The van der Waals surface area contributed by atoms with Gasteiger partial charge in [0.1, 0.15) is 0 Å². The van der Waals surface area contributed by atoms with Gasteiger partial charge in [-0.3, -0.25) is 0 Å². The van der Waals surface area contributed by atoms with Gasteiger partial charge >= 0.3 is 5.97 Å². The SMILES string of the molecule is CC1(c2ccccc2)SNC=C1C(=O)O. The van der Waals surface area contributed by atoms with Crippen LogP contribution in [-0.2, 0) is 9.54 Å². The molecule has 1 aliphatic heterocycles. The van der Waals surface area contributed by atoms with Gasteiger partial charge < -0.3 is 9.83 Å². The van der Waals surface area contributed by atoms with Crippen LogP contribution in [0.4, 0.5) is 0 Å². The zero-order valence-electron chi connectivity index (χ0n) is 8.23. The molecule has 2 rings (SSSR count). The summed E-state index contributed by atoms with van der Waals surface area (Å²) >= 11 is 1.41. The summed E-state index contributed by atoms with van der Waals surface area (Å²) in [6.45, 7) is 1.91. The van der Waals surface area contributed by atoms with E-state index in [1.54, 1.807) is 6.20 Å². The van der Waals surface area contributed by atoms with Crippen molar-refractivity contribution < 1.29 is 9.90 Å². The molecule has 2 N–H and O–H groups in total. The van der Waals surface area contributed by atoms with E-state index in [0.29, 0.717) is 5.57 Å². The fraction of sp³-hybridized carbons (Fsp3) is 0.182. The first kappa shape index (κ1) is 10.1. The summed E-state index contributed by atoms with van der Waals surface area (Å²) in [5.41, 5.74) is 1.38. The Bertz CT molecular complexity index is 416. The minimum absolute atomic E-state index is 0.388. The molecule has 0 saturated heterocycles. The fourth-order valence-corrected chi connectivity index (χ4v) is 2.56. The van der Waals surface area contributed by atoms with Gasteiger partial charge in [-0.25, -0.2) is 4.79 Å². The van der Waals surface area contributed by atoms with Gasteiger partial charge in [-0.05, 0) is 24.4 Å². The van der Waals surface area contributed by atoms with Crippen molar-refractivity contribution >= 4 is 17.9 Å². The quantitative estimate of drug-likeness (QED) is 0.751. The van der Waals surface area contributed by atoms with E-state index in [1.165, 1.54) is 11.9 Å². The lowest BCUT2D eigenvalue weighted by molar-refractivity contribution is -0.133. The molecule has 1 aromatic rings. The Morgan fingerprint density at radius 1 is 1.40 bits per heavy atom. The molecule has 0 aliphatic carbocycles. The van der Waals surface area contributed by atoms with Gasteiger partial charge in [0.2, 0.25) is 0 Å². The average Bonchev–Trinajstić information content (AvgIpc) is 2.63. The largest absolute Gasteiger partial charge is 0.478 e. The van der Waals surface area contributed by atoms with Crippen molar-refractivity contribution in [3.63, 3.8) is 0 Å². The summed E-state index contributed by atoms with van der Waals surface area (Å²) < 4.78 is 2.41. The van der Waals surface area contributed by atoms with E-state index < -0.39 is 10.7 Å². The first-order valence-corrected chi connectivity index (χ1v) is 5.39. The first-order chi connectivity index (χ1) is 7.14. The molecule has 0 spiro atoms. The fourth-order valence-electron chi connectivity index (χ4n) is 1.64. The second kappa shape index (κ2) is 3.62. The van der Waals surface area contributed by atoms with Gasteiger partial charge in [0.05, 0.1) is 10.3 Å². The smallest absolute Gasteiger partial charge is 0.334 e. The van der Waals surface area contributed by atoms with Crippen LogP contribution in [-0.4, -0.2) is 11.1 Å². The zero-order chi connectivity index (χ0) is 10.9. The van der Waals surface area contributed by atoms with Crippen LogP contribution in [0.5, 0.6) is 0 Å². The zero-order valence-corrected chi connectivity index (χ0v) is 9.04. The lowest BCUT2D eigenvalue weighted by Gasteiger charge is -2.23. The number of carboxylic acid groups (broad SMARTS) is 1. The van der Waals surface area contributed by atoms with Gasteiger partial charge in [0.25, 0.3) is 0 Å². The van der Waals surface area contributed by atoms with Crippen molar-refractivity contribution in [2.45, 2.75) is 11.7 Å². The van der Waals surface area contributed by atoms with E-state index in [2.05, 4.69) is 4.72 Å². The molecule has 1 aliphatic rings. The number of carboxylic acids is 1. The Kier molecular flexibility index (Phi) is 2.44. The Morgan fingerprint density at radius 3 is 2.67 bits per heavy atom. The summed E-state index contributed by atoms with van der Waals surface area (Å²) in [5.74, 6) is -0.876. The van der Waals surface area contributed by atoms with Crippen LogP contribution in [0, 0.1) is 0 Å². The molecule has 0 amide bonds. The van der Waals surface area contributed by atoms with Crippen molar-refractivity contribution in [2.24, 2.45) is 0 Å². The molecular weight excluding hydrogens is 210 g/mol. The summed E-state index contributed by atoms with van der Waals surface area (Å²) in [6, 6.07) is 9.63. The van der Waals surface area contributed by atoms with Gasteiger partial charge in [-0.15, -0.1) is 0 Å². The van der Waals surface area contributed by atoms with Gasteiger partial charge in [0.15, 0.2) is 0 Å². The van der Waals surface area contributed by atoms with Crippen LogP contribution in [0.25, 0.3) is 0 Å². The van der Waals surface area contributed by atoms with Crippen LogP contribution >= 0.6 is 11.9 Å². The van der Waals surface area contributed by atoms with Crippen molar-refractivity contribution in [1.82, 2.24) is 4.72 Å². The van der Waals surface area contributed by atoms with E-state index in [1.807, 2.05) is 37.3 Å². The normalized spacial score (nSPS) is 24.5. The summed E-state index contributed by atoms with van der Waals surface area (Å²) in [7, 11) is 0. The van der Waals surface area contributed by atoms with Crippen molar-refractivity contribution in [2.75, 3.05) is 0 Å². The number of nitrogens with one attached hydrogen (secondary N) is 1. The molecule has 0 saturated carbocycles. The van der Waals surface area contributed by atoms with Crippen LogP contribution in [0.15, 0.2) is 42.1 Å². The lowest BCUT2D eigenvalue weighted by atomic mass is 9.92. The molecule has 0 bridgehead atoms. The van der Waals surface area contributed by atoms with Crippen LogP contribution in [0.2, 0.25) is 0 Å². The Hall–Kier alpha value is -1.42. The number of hydrogen-bond acceptors (Lipinski definition) is 3. The molecule has 15 heavy (non-hydrogen) atoms. The third-order valence-corrected chi connectivity index (χ3v) is 3.63. The van der Waals surface area contributed by atoms with Gasteiger partial charge in [-0.2, -0.15) is 0 Å². The van der Waals surface area contributed by atoms with Gasteiger partial charge in [0, 0.05) is 6.20 Å². The number of rotatable bonds is 2. The predicted octanol–water partition coefficient (Wildman–Crippen LogP) is 2.12. The molecule has 1 unspecified atom stereocenters. The Labute approximate surface area is 92.3 Å². The van der Waals surface area contributed by atoms with E-state index in [4.69, 9.17) is 5.11 Å². The summed E-state index contributed by atoms with van der Waals surface area (Å²) in [4.78, 5) is 11.1. The maximum absolute atomic E-state index is 11.1.